The van der Waals surface area contributed by atoms with Crippen LogP contribution in [-0.4, -0.2) is 17.6 Å². The third-order valence-corrected chi connectivity index (χ3v) is 5.32. The molecular formula is C28H33NO3. The molecule has 2 aromatic carbocycles. The van der Waals surface area contributed by atoms with Crippen LogP contribution in [0.3, 0.4) is 0 Å². The van der Waals surface area contributed by atoms with E-state index in [9.17, 15) is 4.79 Å². The smallest absolute Gasteiger partial charge is 0.343 e. The third-order valence-electron chi connectivity index (χ3n) is 5.32. The molecule has 32 heavy (non-hydrogen) atoms. The fourth-order valence-electron chi connectivity index (χ4n) is 3.40. The molecule has 0 atom stereocenters. The van der Waals surface area contributed by atoms with E-state index in [1.807, 2.05) is 30.5 Å². The molecule has 0 saturated carbocycles. The number of carbonyl (C=O) groups excluding carboxylic acids is 1. The summed E-state index contributed by atoms with van der Waals surface area (Å²) < 4.78 is 11.0. The van der Waals surface area contributed by atoms with E-state index in [1.165, 1.54) is 30.4 Å². The van der Waals surface area contributed by atoms with E-state index in [1.54, 1.807) is 24.3 Å². The van der Waals surface area contributed by atoms with Gasteiger partial charge >= 0.3 is 5.97 Å². The van der Waals surface area contributed by atoms with Gasteiger partial charge in [-0.15, -0.1) is 0 Å². The number of unbranched alkanes of at least 4 members (excludes halogenated alkanes) is 2. The lowest BCUT2D eigenvalue weighted by Crippen LogP contribution is -2.08. The fourth-order valence-corrected chi connectivity index (χ4v) is 3.40. The maximum absolute atomic E-state index is 12.4. The predicted molar refractivity (Wildman–Crippen MR) is 129 cm³/mol. The van der Waals surface area contributed by atoms with Crippen LogP contribution in [0.1, 0.15) is 66.7 Å². The van der Waals surface area contributed by atoms with Gasteiger partial charge in [-0.2, -0.15) is 0 Å². The Balaban J connectivity index is 1.46. The van der Waals surface area contributed by atoms with Crippen molar-refractivity contribution in [3.05, 3.63) is 89.2 Å². The molecule has 1 heterocycles. The summed E-state index contributed by atoms with van der Waals surface area (Å²) in [7, 11) is 0. The number of esters is 1. The van der Waals surface area contributed by atoms with Crippen molar-refractivity contribution in [2.75, 3.05) is 6.61 Å². The number of hydrogen-bond donors (Lipinski definition) is 0. The number of carbonyl (C=O) groups is 1. The quantitative estimate of drug-likeness (QED) is 0.184. The number of ether oxygens (including phenoxy) is 2. The number of pyridine rings is 1. The first-order chi connectivity index (χ1) is 15.7. The fraction of sp³-hybridized carbons (Fsp3) is 0.357. The first kappa shape index (κ1) is 23.5. The largest absolute Gasteiger partial charge is 0.494 e. The first-order valence-electron chi connectivity index (χ1n) is 11.7. The Morgan fingerprint density at radius 2 is 1.47 bits per heavy atom. The molecule has 1 aromatic heterocycles. The minimum atomic E-state index is -0.372. The van der Waals surface area contributed by atoms with Crippen molar-refractivity contribution in [2.24, 2.45) is 0 Å². The zero-order valence-corrected chi connectivity index (χ0v) is 19.2. The molecule has 4 nitrogen and oxygen atoms in total. The highest BCUT2D eigenvalue weighted by Crippen LogP contribution is 2.18. The number of aromatic nitrogens is 1. The molecule has 0 aliphatic rings. The van der Waals surface area contributed by atoms with E-state index in [2.05, 4.69) is 31.0 Å². The molecule has 0 saturated heterocycles. The average molecular weight is 432 g/mol. The Kier molecular flexibility index (Phi) is 9.30. The average Bonchev–Trinajstić information content (AvgIpc) is 2.83. The van der Waals surface area contributed by atoms with Gasteiger partial charge in [0.2, 0.25) is 0 Å². The van der Waals surface area contributed by atoms with Gasteiger partial charge in [0.15, 0.2) is 0 Å². The molecule has 0 fully saturated rings. The molecule has 0 amide bonds. The summed E-state index contributed by atoms with van der Waals surface area (Å²) in [5.41, 5.74) is 4.11. The van der Waals surface area contributed by atoms with Crippen molar-refractivity contribution < 1.29 is 14.3 Å². The molecule has 0 bridgehead atoms. The second-order valence-corrected chi connectivity index (χ2v) is 8.02. The van der Waals surface area contributed by atoms with Crippen molar-refractivity contribution in [1.82, 2.24) is 4.98 Å². The van der Waals surface area contributed by atoms with Crippen LogP contribution >= 0.6 is 0 Å². The maximum Gasteiger partial charge on any atom is 0.343 e. The van der Waals surface area contributed by atoms with E-state index in [0.717, 1.165) is 37.1 Å². The lowest BCUT2D eigenvalue weighted by Gasteiger charge is -2.08. The van der Waals surface area contributed by atoms with E-state index >= 15 is 0 Å². The van der Waals surface area contributed by atoms with Gasteiger partial charge in [-0.25, -0.2) is 4.79 Å². The second kappa shape index (κ2) is 12.7. The summed E-state index contributed by atoms with van der Waals surface area (Å²) in [4.78, 5) is 17.0. The highest BCUT2D eigenvalue weighted by Gasteiger charge is 2.09. The van der Waals surface area contributed by atoms with Crippen LogP contribution in [0.4, 0.5) is 0 Å². The van der Waals surface area contributed by atoms with Gasteiger partial charge in [-0.05, 0) is 85.7 Å². The molecule has 0 aliphatic carbocycles. The summed E-state index contributed by atoms with van der Waals surface area (Å²) in [5.74, 6) is 0.927. The number of rotatable bonds is 12. The van der Waals surface area contributed by atoms with E-state index < -0.39 is 0 Å². The Hall–Kier alpha value is -3.14. The van der Waals surface area contributed by atoms with Gasteiger partial charge in [0.1, 0.15) is 11.5 Å². The molecule has 3 rings (SSSR count). The summed E-state index contributed by atoms with van der Waals surface area (Å²) in [5, 5.41) is 0. The van der Waals surface area contributed by atoms with Crippen molar-refractivity contribution >= 4 is 5.97 Å². The van der Waals surface area contributed by atoms with Crippen molar-refractivity contribution in [3.63, 3.8) is 0 Å². The Labute approximate surface area is 191 Å². The van der Waals surface area contributed by atoms with Gasteiger partial charge in [-0.3, -0.25) is 4.98 Å². The van der Waals surface area contributed by atoms with Crippen molar-refractivity contribution in [1.29, 1.82) is 0 Å². The Bertz CT molecular complexity index is 947. The van der Waals surface area contributed by atoms with Crippen LogP contribution in [0.2, 0.25) is 0 Å². The third kappa shape index (κ3) is 7.52. The summed E-state index contributed by atoms with van der Waals surface area (Å²) in [6.07, 6.45) is 9.60. The van der Waals surface area contributed by atoms with Gasteiger partial charge in [0.05, 0.1) is 12.2 Å². The van der Waals surface area contributed by atoms with Crippen LogP contribution in [0, 0.1) is 0 Å². The molecule has 0 unspecified atom stereocenters. The highest BCUT2D eigenvalue weighted by atomic mass is 16.5. The van der Waals surface area contributed by atoms with Gasteiger partial charge in [-0.1, -0.05) is 44.9 Å². The zero-order valence-electron chi connectivity index (χ0n) is 19.2. The zero-order chi connectivity index (χ0) is 22.6. The number of nitrogens with zero attached hydrogens (tertiary/aromatic N) is 1. The van der Waals surface area contributed by atoms with Crippen molar-refractivity contribution in [3.8, 4) is 11.5 Å². The molecule has 0 radical (unpaired) electrons. The minimum absolute atomic E-state index is 0.372. The van der Waals surface area contributed by atoms with Crippen LogP contribution in [0.15, 0.2) is 66.9 Å². The molecule has 0 N–H and O–H groups in total. The molecule has 168 valence electrons. The second-order valence-electron chi connectivity index (χ2n) is 8.02. The topological polar surface area (TPSA) is 48.4 Å². The van der Waals surface area contributed by atoms with Gasteiger partial charge < -0.3 is 9.47 Å². The molecule has 0 spiro atoms. The van der Waals surface area contributed by atoms with E-state index in [0.29, 0.717) is 17.9 Å². The monoisotopic (exact) mass is 431 g/mol. The number of benzene rings is 2. The van der Waals surface area contributed by atoms with Gasteiger partial charge in [0.25, 0.3) is 0 Å². The summed E-state index contributed by atoms with van der Waals surface area (Å²) in [6, 6.07) is 19.1. The van der Waals surface area contributed by atoms with Crippen LogP contribution < -0.4 is 9.47 Å². The normalized spacial score (nSPS) is 10.7. The standard InChI is InChI=1S/C28H33NO3/c1-3-5-6-7-23-9-15-25(29-21-23)14-8-22-10-16-27(17-11-22)32-28(30)24-12-18-26(19-13-24)31-20-4-2/h9-13,15-19,21H,3-8,14,20H2,1-2H3. The van der Waals surface area contributed by atoms with Crippen LogP contribution in [-0.2, 0) is 19.3 Å². The first-order valence-corrected chi connectivity index (χ1v) is 11.7. The van der Waals surface area contributed by atoms with Gasteiger partial charge in [0, 0.05) is 11.9 Å². The minimum Gasteiger partial charge on any atom is -0.494 e. The number of hydrogen-bond acceptors (Lipinski definition) is 4. The van der Waals surface area contributed by atoms with Crippen LogP contribution in [0.25, 0.3) is 0 Å². The molecule has 4 heteroatoms. The Morgan fingerprint density at radius 3 is 2.12 bits per heavy atom. The number of aryl methyl sites for hydroxylation is 3. The summed E-state index contributed by atoms with van der Waals surface area (Å²) >= 11 is 0. The Morgan fingerprint density at radius 1 is 0.750 bits per heavy atom. The highest BCUT2D eigenvalue weighted by molar-refractivity contribution is 5.91. The SMILES string of the molecule is CCCCCc1ccc(CCc2ccc(OC(=O)c3ccc(OCCC)cc3)cc2)nc1. The lowest BCUT2D eigenvalue weighted by atomic mass is 10.1. The maximum atomic E-state index is 12.4. The summed E-state index contributed by atoms with van der Waals surface area (Å²) in [6.45, 7) is 4.94. The molecule has 0 aliphatic heterocycles. The molecule has 3 aromatic rings. The van der Waals surface area contributed by atoms with Crippen LogP contribution in [0.5, 0.6) is 11.5 Å². The predicted octanol–water partition coefficient (Wildman–Crippen LogP) is 6.61. The van der Waals surface area contributed by atoms with E-state index in [4.69, 9.17) is 9.47 Å². The molecular weight excluding hydrogens is 398 g/mol. The van der Waals surface area contributed by atoms with E-state index in [-0.39, 0.29) is 5.97 Å². The lowest BCUT2D eigenvalue weighted by molar-refractivity contribution is 0.0734. The van der Waals surface area contributed by atoms with Crippen molar-refractivity contribution in [2.45, 2.75) is 58.8 Å².